The minimum atomic E-state index is -0.917. The molecule has 45 heavy (non-hydrogen) atoms. The van der Waals surface area contributed by atoms with Crippen molar-refractivity contribution in [3.63, 3.8) is 0 Å². The number of aliphatic hydroxyl groups excluding tert-OH is 2. The number of carbonyl (C=O) groups excluding carboxylic acids is 1. The Morgan fingerprint density at radius 3 is 2.31 bits per heavy atom. The third-order valence-electron chi connectivity index (χ3n) is 14.4. The van der Waals surface area contributed by atoms with Crippen LogP contribution in [0.3, 0.4) is 0 Å². The van der Waals surface area contributed by atoms with Gasteiger partial charge in [-0.2, -0.15) is 0 Å². The monoisotopic (exact) mass is 624 g/mol. The summed E-state index contributed by atoms with van der Waals surface area (Å²) in [4.78, 5) is 26.2. The number of aromatic hydroxyl groups is 2. The maximum absolute atomic E-state index is 13.2. The number of rotatable bonds is 5. The summed E-state index contributed by atoms with van der Waals surface area (Å²) in [5, 5.41) is 53.4. The van der Waals surface area contributed by atoms with Gasteiger partial charge in [-0.15, -0.1) is 0 Å². The fourth-order valence-corrected chi connectivity index (χ4v) is 12.3. The number of carboxylic acids is 1. The number of carbonyl (C=O) groups is 2. The summed E-state index contributed by atoms with van der Waals surface area (Å²) in [6, 6.07) is 3.82. The molecule has 5 aliphatic rings. The van der Waals surface area contributed by atoms with Gasteiger partial charge in [0.05, 0.1) is 23.7 Å². The molecule has 248 valence electrons. The minimum Gasteiger partial charge on any atom is -0.504 e. The average molecular weight is 625 g/mol. The van der Waals surface area contributed by atoms with E-state index in [1.165, 1.54) is 23.8 Å². The van der Waals surface area contributed by atoms with Crippen molar-refractivity contribution in [3.8, 4) is 11.5 Å². The Kier molecular flexibility index (Phi) is 7.53. The fourth-order valence-electron chi connectivity index (χ4n) is 12.3. The standard InChI is InChI=1S/C37H52O8/c1-20(2)22-11-14-36(32(43)44)15-16-37(19-38)23(29(22)36)8-10-28-34(5)18-26(41)30(33(3,4)27(34)12-13-35(28,37)6)45-31(42)21-7-9-24(39)25(40)17-21/h7-9,17,20,22,26-30,38-41H,10-16,18-19H2,1-6H3,(H,43,44)/t22-,26+,27-,28+,29-,30+,34-,35+,36-,37-/m0/s1. The number of carboxylic acid groups (broad SMARTS) is 1. The SMILES string of the molecule is CC(C)[C@@H]1CC[C@]2(C(=O)O)CC[C@]3(CO)C(=CC[C@@H]4[C@@]5(C)C[C@@H](O)[C@@H](OC(=O)c6ccc(O)c(O)c6)C(C)(C)[C@@H]5CC[C@]43C)[C@H]12. The molecule has 0 aliphatic heterocycles. The van der Waals surface area contributed by atoms with E-state index in [4.69, 9.17) is 4.74 Å². The highest BCUT2D eigenvalue weighted by Gasteiger charge is 2.72. The van der Waals surface area contributed by atoms with Crippen LogP contribution in [0.5, 0.6) is 11.5 Å². The zero-order chi connectivity index (χ0) is 32.9. The molecule has 0 amide bonds. The number of phenols is 2. The van der Waals surface area contributed by atoms with E-state index in [9.17, 15) is 35.1 Å². The van der Waals surface area contributed by atoms with Crippen LogP contribution in [0.4, 0.5) is 0 Å². The van der Waals surface area contributed by atoms with Crippen molar-refractivity contribution in [3.05, 3.63) is 35.4 Å². The molecule has 1 aromatic carbocycles. The maximum Gasteiger partial charge on any atom is 0.338 e. The van der Waals surface area contributed by atoms with Gasteiger partial charge in [-0.05, 0) is 110 Å². The van der Waals surface area contributed by atoms with Gasteiger partial charge in [0.2, 0.25) is 0 Å². The Hall–Kier alpha value is -2.58. The number of aliphatic hydroxyl groups is 2. The lowest BCUT2D eigenvalue weighted by Crippen LogP contribution is -2.68. The molecule has 0 bridgehead atoms. The van der Waals surface area contributed by atoms with Crippen LogP contribution in [-0.2, 0) is 9.53 Å². The molecule has 10 atom stereocenters. The van der Waals surface area contributed by atoms with Gasteiger partial charge in [0, 0.05) is 10.8 Å². The molecule has 5 aliphatic carbocycles. The van der Waals surface area contributed by atoms with E-state index in [1.54, 1.807) is 0 Å². The first kappa shape index (κ1) is 32.4. The zero-order valence-electron chi connectivity index (χ0n) is 27.7. The molecule has 0 unspecified atom stereocenters. The van der Waals surface area contributed by atoms with Crippen LogP contribution >= 0.6 is 0 Å². The highest BCUT2D eigenvalue weighted by atomic mass is 16.6. The Labute approximate surface area is 266 Å². The number of hydrogen-bond donors (Lipinski definition) is 5. The van der Waals surface area contributed by atoms with Crippen molar-refractivity contribution < 1.29 is 39.9 Å². The molecule has 0 spiro atoms. The molecule has 4 saturated carbocycles. The first-order valence-corrected chi connectivity index (χ1v) is 17.0. The van der Waals surface area contributed by atoms with Gasteiger partial charge in [0.25, 0.3) is 0 Å². The molecule has 0 heterocycles. The summed E-state index contributed by atoms with van der Waals surface area (Å²) >= 11 is 0. The highest BCUT2D eigenvalue weighted by Crippen LogP contribution is 2.76. The number of benzene rings is 1. The number of aliphatic carboxylic acids is 1. The van der Waals surface area contributed by atoms with Crippen LogP contribution in [0.15, 0.2) is 29.8 Å². The Bertz CT molecular complexity index is 1410. The molecule has 6 rings (SSSR count). The van der Waals surface area contributed by atoms with E-state index in [0.717, 1.165) is 25.7 Å². The second-order valence-electron chi connectivity index (χ2n) is 16.7. The summed E-state index contributed by atoms with van der Waals surface area (Å²) in [5.41, 5.74) is -1.15. The summed E-state index contributed by atoms with van der Waals surface area (Å²) in [6.45, 7) is 13.2. The first-order chi connectivity index (χ1) is 21.0. The first-order valence-electron chi connectivity index (χ1n) is 17.0. The van der Waals surface area contributed by atoms with Crippen LogP contribution in [0.25, 0.3) is 0 Å². The molecule has 8 heteroatoms. The van der Waals surface area contributed by atoms with E-state index in [-0.39, 0.29) is 52.4 Å². The number of hydrogen-bond acceptors (Lipinski definition) is 7. The molecule has 4 fully saturated rings. The van der Waals surface area contributed by atoms with E-state index in [1.807, 2.05) is 0 Å². The van der Waals surface area contributed by atoms with Crippen LogP contribution < -0.4 is 0 Å². The van der Waals surface area contributed by atoms with Crippen LogP contribution in [0.2, 0.25) is 0 Å². The molecular formula is C37H52O8. The molecule has 0 radical (unpaired) electrons. The average Bonchev–Trinajstić information content (AvgIpc) is 3.38. The van der Waals surface area contributed by atoms with Crippen molar-refractivity contribution in [1.29, 1.82) is 0 Å². The van der Waals surface area contributed by atoms with Crippen molar-refractivity contribution in [2.45, 2.75) is 105 Å². The zero-order valence-corrected chi connectivity index (χ0v) is 27.7. The smallest absolute Gasteiger partial charge is 0.338 e. The van der Waals surface area contributed by atoms with E-state index < -0.39 is 46.1 Å². The molecule has 0 saturated heterocycles. The van der Waals surface area contributed by atoms with Gasteiger partial charge in [-0.3, -0.25) is 4.79 Å². The Morgan fingerprint density at radius 2 is 1.69 bits per heavy atom. The molecule has 0 aromatic heterocycles. The van der Waals surface area contributed by atoms with E-state index in [2.05, 4.69) is 47.6 Å². The van der Waals surface area contributed by atoms with Gasteiger partial charge in [-0.1, -0.05) is 53.2 Å². The lowest BCUT2D eigenvalue weighted by atomic mass is 9.34. The Balaban J connectivity index is 1.36. The highest BCUT2D eigenvalue weighted by molar-refractivity contribution is 5.90. The van der Waals surface area contributed by atoms with Gasteiger partial charge in [0.1, 0.15) is 6.10 Å². The summed E-state index contributed by atoms with van der Waals surface area (Å²) < 4.78 is 6.01. The van der Waals surface area contributed by atoms with Gasteiger partial charge in [-0.25, -0.2) is 4.79 Å². The minimum absolute atomic E-state index is 0.00471. The quantitative estimate of drug-likeness (QED) is 0.146. The second kappa shape index (κ2) is 10.5. The third-order valence-corrected chi connectivity index (χ3v) is 14.4. The van der Waals surface area contributed by atoms with Crippen LogP contribution in [-0.4, -0.2) is 56.3 Å². The number of fused-ring (bicyclic) bond motifs is 7. The van der Waals surface area contributed by atoms with Crippen LogP contribution in [0.1, 0.15) is 103 Å². The molecule has 1 aromatic rings. The normalized spacial score (nSPS) is 43.4. The van der Waals surface area contributed by atoms with Crippen molar-refractivity contribution in [2.75, 3.05) is 6.61 Å². The fraction of sp³-hybridized carbons (Fsp3) is 0.730. The topological polar surface area (TPSA) is 145 Å². The van der Waals surface area contributed by atoms with Gasteiger partial charge in [0.15, 0.2) is 11.5 Å². The van der Waals surface area contributed by atoms with Crippen molar-refractivity contribution in [2.24, 2.45) is 56.7 Å². The van der Waals surface area contributed by atoms with E-state index >= 15 is 0 Å². The molecular weight excluding hydrogens is 572 g/mol. The summed E-state index contributed by atoms with van der Waals surface area (Å²) in [5.74, 6) is -1.25. The van der Waals surface area contributed by atoms with Gasteiger partial charge < -0.3 is 30.3 Å². The third kappa shape index (κ3) is 4.23. The van der Waals surface area contributed by atoms with Crippen molar-refractivity contribution >= 4 is 11.9 Å². The summed E-state index contributed by atoms with van der Waals surface area (Å²) in [6.07, 6.45) is 6.39. The summed E-state index contributed by atoms with van der Waals surface area (Å²) in [7, 11) is 0. The van der Waals surface area contributed by atoms with Crippen molar-refractivity contribution in [1.82, 2.24) is 0 Å². The van der Waals surface area contributed by atoms with Crippen LogP contribution in [0, 0.1) is 56.7 Å². The van der Waals surface area contributed by atoms with E-state index in [0.29, 0.717) is 31.6 Å². The molecule has 5 N–H and O–H groups in total. The molecule has 8 nitrogen and oxygen atoms in total. The van der Waals surface area contributed by atoms with Gasteiger partial charge >= 0.3 is 11.9 Å². The number of ether oxygens (including phenoxy) is 1. The lowest BCUT2D eigenvalue weighted by Gasteiger charge is -2.71. The lowest BCUT2D eigenvalue weighted by molar-refractivity contribution is -0.236. The maximum atomic E-state index is 13.2. The predicted molar refractivity (Wildman–Crippen MR) is 168 cm³/mol. The second-order valence-corrected chi connectivity index (χ2v) is 16.7. The Morgan fingerprint density at radius 1 is 0.978 bits per heavy atom. The number of phenolic OH excluding ortho intramolecular Hbond substituents is 2. The number of allylic oxidation sites excluding steroid dienone is 1. The number of esters is 1. The predicted octanol–water partition coefficient (Wildman–Crippen LogP) is 6.31. The largest absolute Gasteiger partial charge is 0.504 e.